The number of carbonyl (C=O) groups excluding carboxylic acids is 2. The van der Waals surface area contributed by atoms with Gasteiger partial charge in [0.1, 0.15) is 12.6 Å². The van der Waals surface area contributed by atoms with Crippen LogP contribution in [0.1, 0.15) is 36.1 Å². The summed E-state index contributed by atoms with van der Waals surface area (Å²) in [5.74, 6) is -0.731. The van der Waals surface area contributed by atoms with E-state index in [1.807, 2.05) is 58.0 Å². The number of anilines is 1. The van der Waals surface area contributed by atoms with E-state index in [9.17, 15) is 18.0 Å². The number of aryl methyl sites for hydroxylation is 2. The Hall–Kier alpha value is -2.87. The van der Waals surface area contributed by atoms with E-state index in [2.05, 4.69) is 5.32 Å². The van der Waals surface area contributed by atoms with Crippen LogP contribution in [0, 0.1) is 20.8 Å². The monoisotopic (exact) mass is 459 g/mol. The summed E-state index contributed by atoms with van der Waals surface area (Å²) in [5.41, 5.74) is 4.06. The van der Waals surface area contributed by atoms with Gasteiger partial charge in [-0.2, -0.15) is 0 Å². The molecule has 0 aliphatic carbocycles. The van der Waals surface area contributed by atoms with E-state index in [1.165, 1.54) is 4.90 Å². The molecule has 1 N–H and O–H groups in total. The molecule has 0 spiro atoms. The van der Waals surface area contributed by atoms with Gasteiger partial charge in [-0.25, -0.2) is 8.42 Å². The first-order chi connectivity index (χ1) is 15.0. The normalized spacial score (nSPS) is 12.2. The highest BCUT2D eigenvalue weighted by Gasteiger charge is 2.30. The van der Waals surface area contributed by atoms with Crippen LogP contribution in [0.2, 0.25) is 0 Å². The SMILES string of the molecule is CCNC(=O)[C@@H](C)N(Cc1ccccc1C)C(=O)CN(c1cccc(C)c1C)S(C)(=O)=O. The second kappa shape index (κ2) is 10.6. The number of likely N-dealkylation sites (N-methyl/N-ethyl adjacent to an activating group) is 1. The summed E-state index contributed by atoms with van der Waals surface area (Å²) in [4.78, 5) is 27.5. The zero-order chi connectivity index (χ0) is 24.1. The fourth-order valence-corrected chi connectivity index (χ4v) is 4.38. The molecule has 0 fully saturated rings. The molecule has 7 nitrogen and oxygen atoms in total. The summed E-state index contributed by atoms with van der Waals surface area (Å²) in [5, 5.41) is 2.75. The first-order valence-electron chi connectivity index (χ1n) is 10.6. The molecule has 0 heterocycles. The Kier molecular flexibility index (Phi) is 8.44. The molecule has 2 amide bonds. The Morgan fingerprint density at radius 3 is 2.22 bits per heavy atom. The maximum atomic E-state index is 13.5. The number of hydrogen-bond donors (Lipinski definition) is 1. The number of amides is 2. The maximum Gasteiger partial charge on any atom is 0.244 e. The number of benzene rings is 2. The molecule has 174 valence electrons. The zero-order valence-corrected chi connectivity index (χ0v) is 20.5. The fourth-order valence-electron chi connectivity index (χ4n) is 3.48. The zero-order valence-electron chi connectivity index (χ0n) is 19.7. The highest BCUT2D eigenvalue weighted by molar-refractivity contribution is 7.92. The van der Waals surface area contributed by atoms with E-state index in [0.717, 1.165) is 32.8 Å². The summed E-state index contributed by atoms with van der Waals surface area (Å²) >= 11 is 0. The number of carbonyl (C=O) groups is 2. The number of nitrogens with zero attached hydrogens (tertiary/aromatic N) is 2. The Bertz CT molecular complexity index is 1080. The van der Waals surface area contributed by atoms with Crippen molar-refractivity contribution >= 4 is 27.5 Å². The van der Waals surface area contributed by atoms with Gasteiger partial charge in [0, 0.05) is 13.1 Å². The number of rotatable bonds is 9. The van der Waals surface area contributed by atoms with Crippen molar-refractivity contribution in [3.05, 3.63) is 64.7 Å². The minimum absolute atomic E-state index is 0.203. The van der Waals surface area contributed by atoms with Crippen LogP contribution >= 0.6 is 0 Å². The van der Waals surface area contributed by atoms with Crippen molar-refractivity contribution in [3.8, 4) is 0 Å². The second-order valence-electron chi connectivity index (χ2n) is 8.01. The molecule has 0 aliphatic rings. The third-order valence-electron chi connectivity index (χ3n) is 5.64. The summed E-state index contributed by atoms with van der Waals surface area (Å²) < 4.78 is 26.4. The van der Waals surface area contributed by atoms with Gasteiger partial charge in [-0.15, -0.1) is 0 Å². The van der Waals surface area contributed by atoms with E-state index in [0.29, 0.717) is 12.2 Å². The van der Waals surface area contributed by atoms with Crippen LogP contribution in [-0.4, -0.2) is 50.5 Å². The molecular formula is C24H33N3O4S. The quantitative estimate of drug-likeness (QED) is 0.625. The molecule has 0 bridgehead atoms. The Morgan fingerprint density at radius 2 is 1.62 bits per heavy atom. The molecular weight excluding hydrogens is 426 g/mol. The summed E-state index contributed by atoms with van der Waals surface area (Å²) in [6.45, 7) is 9.38. The smallest absolute Gasteiger partial charge is 0.244 e. The lowest BCUT2D eigenvalue weighted by molar-refractivity contribution is -0.139. The lowest BCUT2D eigenvalue weighted by Gasteiger charge is -2.32. The van der Waals surface area contributed by atoms with Gasteiger partial charge in [0.15, 0.2) is 0 Å². The molecule has 0 saturated carbocycles. The van der Waals surface area contributed by atoms with E-state index in [1.54, 1.807) is 19.1 Å². The third-order valence-corrected chi connectivity index (χ3v) is 6.77. The number of hydrogen-bond acceptors (Lipinski definition) is 4. The number of sulfonamides is 1. The minimum atomic E-state index is -3.74. The predicted octanol–water partition coefficient (Wildman–Crippen LogP) is 2.93. The van der Waals surface area contributed by atoms with Crippen LogP contribution in [0.3, 0.4) is 0 Å². The third kappa shape index (κ3) is 6.09. The lowest BCUT2D eigenvalue weighted by Crippen LogP contribution is -2.51. The van der Waals surface area contributed by atoms with Crippen molar-refractivity contribution in [2.75, 3.05) is 23.7 Å². The molecule has 1 atom stereocenters. The van der Waals surface area contributed by atoms with E-state index in [-0.39, 0.29) is 12.5 Å². The molecule has 2 aromatic carbocycles. The van der Waals surface area contributed by atoms with Gasteiger partial charge in [-0.1, -0.05) is 36.4 Å². The molecule has 0 aliphatic heterocycles. The second-order valence-corrected chi connectivity index (χ2v) is 9.91. The predicted molar refractivity (Wildman–Crippen MR) is 128 cm³/mol. The first kappa shape index (κ1) is 25.4. The van der Waals surface area contributed by atoms with Gasteiger partial charge in [0.25, 0.3) is 0 Å². The molecule has 2 aromatic rings. The van der Waals surface area contributed by atoms with Crippen LogP contribution in [-0.2, 0) is 26.2 Å². The van der Waals surface area contributed by atoms with Crippen LogP contribution in [0.25, 0.3) is 0 Å². The van der Waals surface area contributed by atoms with Crippen molar-refractivity contribution < 1.29 is 18.0 Å². The highest BCUT2D eigenvalue weighted by atomic mass is 32.2. The molecule has 0 unspecified atom stereocenters. The van der Waals surface area contributed by atoms with Crippen LogP contribution in [0.4, 0.5) is 5.69 Å². The van der Waals surface area contributed by atoms with E-state index < -0.39 is 28.5 Å². The minimum Gasteiger partial charge on any atom is -0.355 e. The van der Waals surface area contributed by atoms with Gasteiger partial charge in [0.05, 0.1) is 11.9 Å². The Labute approximate surface area is 191 Å². The van der Waals surface area contributed by atoms with Crippen LogP contribution in [0.5, 0.6) is 0 Å². The molecule has 2 rings (SSSR count). The summed E-state index contributed by atoms with van der Waals surface area (Å²) in [6, 6.07) is 12.2. The molecule has 0 saturated heterocycles. The van der Waals surface area contributed by atoms with Gasteiger partial charge in [0.2, 0.25) is 21.8 Å². The summed E-state index contributed by atoms with van der Waals surface area (Å²) in [6.07, 6.45) is 1.08. The van der Waals surface area contributed by atoms with Crippen molar-refractivity contribution in [3.63, 3.8) is 0 Å². The molecule has 8 heteroatoms. The number of nitrogens with one attached hydrogen (secondary N) is 1. The Morgan fingerprint density at radius 1 is 1.00 bits per heavy atom. The summed E-state index contributed by atoms with van der Waals surface area (Å²) in [7, 11) is -3.74. The highest BCUT2D eigenvalue weighted by Crippen LogP contribution is 2.25. The van der Waals surface area contributed by atoms with Crippen LogP contribution < -0.4 is 9.62 Å². The van der Waals surface area contributed by atoms with E-state index >= 15 is 0 Å². The molecule has 0 radical (unpaired) electrons. The van der Waals surface area contributed by atoms with Gasteiger partial charge in [-0.3, -0.25) is 13.9 Å². The van der Waals surface area contributed by atoms with Gasteiger partial charge < -0.3 is 10.2 Å². The topological polar surface area (TPSA) is 86.8 Å². The molecule has 32 heavy (non-hydrogen) atoms. The lowest BCUT2D eigenvalue weighted by atomic mass is 10.1. The average Bonchev–Trinajstić information content (AvgIpc) is 2.72. The van der Waals surface area contributed by atoms with Crippen molar-refractivity contribution in [2.24, 2.45) is 0 Å². The largest absolute Gasteiger partial charge is 0.355 e. The van der Waals surface area contributed by atoms with Crippen molar-refractivity contribution in [1.29, 1.82) is 0 Å². The molecule has 0 aromatic heterocycles. The first-order valence-corrected chi connectivity index (χ1v) is 12.5. The van der Waals surface area contributed by atoms with E-state index in [4.69, 9.17) is 0 Å². The maximum absolute atomic E-state index is 13.5. The van der Waals surface area contributed by atoms with Gasteiger partial charge in [-0.05, 0) is 62.9 Å². The van der Waals surface area contributed by atoms with Crippen molar-refractivity contribution in [2.45, 2.75) is 47.2 Å². The van der Waals surface area contributed by atoms with Gasteiger partial charge >= 0.3 is 0 Å². The van der Waals surface area contributed by atoms with Crippen LogP contribution in [0.15, 0.2) is 42.5 Å². The average molecular weight is 460 g/mol. The Balaban J connectivity index is 2.45. The van der Waals surface area contributed by atoms with Crippen molar-refractivity contribution in [1.82, 2.24) is 10.2 Å². The fraction of sp³-hybridized carbons (Fsp3) is 0.417. The standard InChI is InChI=1S/C24H33N3O4S/c1-7-25-24(29)20(5)26(15-21-13-9-8-11-18(21)3)23(28)16-27(32(6,30)31)22-14-10-12-17(2)19(22)4/h8-14,20H,7,15-16H2,1-6H3,(H,25,29)/t20-/m1/s1.